The van der Waals surface area contributed by atoms with Crippen LogP contribution in [0.2, 0.25) is 0 Å². The SMILES string of the molecule is COc1ccc(C(C)NC(=O)/C=C/c2ccc(F)cc2)cc1OC. The molecule has 1 amide bonds. The lowest BCUT2D eigenvalue weighted by molar-refractivity contribution is -0.117. The Morgan fingerprint density at radius 2 is 1.75 bits per heavy atom. The quantitative estimate of drug-likeness (QED) is 0.822. The van der Waals surface area contributed by atoms with Crippen LogP contribution in [-0.2, 0) is 4.79 Å². The van der Waals surface area contributed by atoms with Crippen LogP contribution in [0.4, 0.5) is 4.39 Å². The molecule has 0 saturated heterocycles. The van der Waals surface area contributed by atoms with Crippen molar-refractivity contribution in [3.63, 3.8) is 0 Å². The van der Waals surface area contributed by atoms with Crippen molar-refractivity contribution in [1.82, 2.24) is 5.32 Å². The van der Waals surface area contributed by atoms with Crippen molar-refractivity contribution in [3.05, 3.63) is 65.5 Å². The van der Waals surface area contributed by atoms with Crippen molar-refractivity contribution >= 4 is 12.0 Å². The molecule has 2 aromatic rings. The topological polar surface area (TPSA) is 47.6 Å². The first-order valence-electron chi connectivity index (χ1n) is 7.49. The lowest BCUT2D eigenvalue weighted by Crippen LogP contribution is -2.24. The summed E-state index contributed by atoms with van der Waals surface area (Å²) in [5.74, 6) is 0.703. The number of amides is 1. The Morgan fingerprint density at radius 1 is 1.08 bits per heavy atom. The first kappa shape index (κ1) is 17.5. The Kier molecular flexibility index (Phi) is 5.95. The third kappa shape index (κ3) is 4.59. The van der Waals surface area contributed by atoms with Crippen molar-refractivity contribution in [1.29, 1.82) is 0 Å². The standard InChI is InChI=1S/C19H20FNO3/c1-13(15-7-10-17(23-2)18(12-15)24-3)21-19(22)11-6-14-4-8-16(20)9-5-14/h4-13H,1-3H3,(H,21,22)/b11-6+. The monoisotopic (exact) mass is 329 g/mol. The maximum absolute atomic E-state index is 12.8. The molecule has 1 atom stereocenters. The predicted octanol–water partition coefficient (Wildman–Crippen LogP) is 3.73. The number of halogens is 1. The summed E-state index contributed by atoms with van der Waals surface area (Å²) < 4.78 is 23.3. The number of methoxy groups -OCH3 is 2. The van der Waals surface area contributed by atoms with Gasteiger partial charge in [0.25, 0.3) is 0 Å². The van der Waals surface area contributed by atoms with E-state index in [1.54, 1.807) is 38.5 Å². The summed E-state index contributed by atoms with van der Waals surface area (Å²) in [5.41, 5.74) is 1.65. The molecule has 0 saturated carbocycles. The number of carbonyl (C=O) groups excluding carboxylic acids is 1. The Labute approximate surface area is 140 Å². The van der Waals surface area contributed by atoms with Gasteiger partial charge in [0.05, 0.1) is 20.3 Å². The van der Waals surface area contributed by atoms with Gasteiger partial charge in [-0.05, 0) is 48.4 Å². The number of ether oxygens (including phenoxy) is 2. The van der Waals surface area contributed by atoms with Gasteiger partial charge < -0.3 is 14.8 Å². The zero-order chi connectivity index (χ0) is 17.5. The zero-order valence-electron chi connectivity index (χ0n) is 13.9. The van der Waals surface area contributed by atoms with Gasteiger partial charge in [-0.1, -0.05) is 18.2 Å². The fraction of sp³-hybridized carbons (Fsp3) is 0.211. The van der Waals surface area contributed by atoms with Gasteiger partial charge in [0.2, 0.25) is 5.91 Å². The molecule has 0 spiro atoms. The summed E-state index contributed by atoms with van der Waals surface area (Å²) in [4.78, 5) is 12.0. The van der Waals surface area contributed by atoms with Crippen LogP contribution >= 0.6 is 0 Å². The van der Waals surface area contributed by atoms with Crippen molar-refractivity contribution in [3.8, 4) is 11.5 Å². The fourth-order valence-electron chi connectivity index (χ4n) is 2.21. The van der Waals surface area contributed by atoms with E-state index in [1.807, 2.05) is 19.1 Å². The molecule has 0 aliphatic carbocycles. The van der Waals surface area contributed by atoms with Gasteiger partial charge in [0, 0.05) is 6.08 Å². The summed E-state index contributed by atoms with van der Waals surface area (Å²) in [6.07, 6.45) is 3.06. The number of hydrogen-bond acceptors (Lipinski definition) is 3. The van der Waals surface area contributed by atoms with E-state index in [9.17, 15) is 9.18 Å². The maximum atomic E-state index is 12.8. The van der Waals surface area contributed by atoms with Crippen LogP contribution in [0.3, 0.4) is 0 Å². The number of nitrogens with one attached hydrogen (secondary N) is 1. The van der Waals surface area contributed by atoms with Crippen LogP contribution in [0.1, 0.15) is 24.1 Å². The zero-order valence-corrected chi connectivity index (χ0v) is 13.9. The molecule has 0 fully saturated rings. The Bertz CT molecular complexity index is 726. The minimum Gasteiger partial charge on any atom is -0.493 e. The number of hydrogen-bond donors (Lipinski definition) is 1. The summed E-state index contributed by atoms with van der Waals surface area (Å²) in [6, 6.07) is 11.2. The lowest BCUT2D eigenvalue weighted by atomic mass is 10.1. The smallest absolute Gasteiger partial charge is 0.244 e. The van der Waals surface area contributed by atoms with E-state index in [1.165, 1.54) is 18.2 Å². The van der Waals surface area contributed by atoms with Crippen molar-refractivity contribution in [2.75, 3.05) is 14.2 Å². The minimum absolute atomic E-state index is 0.199. The Morgan fingerprint density at radius 3 is 2.38 bits per heavy atom. The van der Waals surface area contributed by atoms with Crippen molar-refractivity contribution in [2.45, 2.75) is 13.0 Å². The van der Waals surface area contributed by atoms with Crippen LogP contribution < -0.4 is 14.8 Å². The van der Waals surface area contributed by atoms with E-state index in [4.69, 9.17) is 9.47 Å². The van der Waals surface area contributed by atoms with Gasteiger partial charge in [-0.15, -0.1) is 0 Å². The van der Waals surface area contributed by atoms with Crippen LogP contribution in [0, 0.1) is 5.82 Å². The first-order chi connectivity index (χ1) is 11.5. The average Bonchev–Trinajstić information content (AvgIpc) is 2.60. The molecule has 0 aliphatic heterocycles. The van der Waals surface area contributed by atoms with Crippen LogP contribution in [-0.4, -0.2) is 20.1 Å². The molecule has 2 rings (SSSR count). The Balaban J connectivity index is 2.02. The van der Waals surface area contributed by atoms with Crippen LogP contribution in [0.5, 0.6) is 11.5 Å². The summed E-state index contributed by atoms with van der Waals surface area (Å²) in [6.45, 7) is 1.88. The molecule has 5 heteroatoms. The highest BCUT2D eigenvalue weighted by Crippen LogP contribution is 2.29. The molecule has 126 valence electrons. The largest absolute Gasteiger partial charge is 0.493 e. The van der Waals surface area contributed by atoms with Gasteiger partial charge in [0.1, 0.15) is 5.82 Å². The number of carbonyl (C=O) groups is 1. The van der Waals surface area contributed by atoms with Gasteiger partial charge in [-0.25, -0.2) is 4.39 Å². The average molecular weight is 329 g/mol. The molecule has 1 N–H and O–H groups in total. The molecule has 4 nitrogen and oxygen atoms in total. The highest BCUT2D eigenvalue weighted by Gasteiger charge is 2.11. The third-order valence-electron chi connectivity index (χ3n) is 3.56. The summed E-state index contributed by atoms with van der Waals surface area (Å²) >= 11 is 0. The number of rotatable bonds is 6. The van der Waals surface area contributed by atoms with E-state index in [-0.39, 0.29) is 17.8 Å². The number of benzene rings is 2. The fourth-order valence-corrected chi connectivity index (χ4v) is 2.21. The summed E-state index contributed by atoms with van der Waals surface area (Å²) in [5, 5.41) is 2.87. The van der Waals surface area contributed by atoms with Gasteiger partial charge in [-0.3, -0.25) is 4.79 Å². The lowest BCUT2D eigenvalue weighted by Gasteiger charge is -2.15. The van der Waals surface area contributed by atoms with E-state index >= 15 is 0 Å². The molecule has 24 heavy (non-hydrogen) atoms. The molecule has 0 aliphatic rings. The second kappa shape index (κ2) is 8.15. The normalized spacial score (nSPS) is 12.0. The molecule has 2 aromatic carbocycles. The molecular formula is C19H20FNO3. The molecule has 0 heterocycles. The molecule has 0 bridgehead atoms. The van der Waals surface area contributed by atoms with Crippen LogP contribution in [0.25, 0.3) is 6.08 Å². The molecule has 1 unspecified atom stereocenters. The first-order valence-corrected chi connectivity index (χ1v) is 7.49. The van der Waals surface area contributed by atoms with Crippen molar-refractivity contribution < 1.29 is 18.7 Å². The highest BCUT2D eigenvalue weighted by atomic mass is 19.1. The van der Waals surface area contributed by atoms with E-state index in [2.05, 4.69) is 5.32 Å². The summed E-state index contributed by atoms with van der Waals surface area (Å²) in [7, 11) is 3.14. The molecular weight excluding hydrogens is 309 g/mol. The van der Waals surface area contributed by atoms with Crippen LogP contribution in [0.15, 0.2) is 48.5 Å². The third-order valence-corrected chi connectivity index (χ3v) is 3.56. The van der Waals surface area contributed by atoms with E-state index < -0.39 is 0 Å². The van der Waals surface area contributed by atoms with Gasteiger partial charge in [0.15, 0.2) is 11.5 Å². The predicted molar refractivity (Wildman–Crippen MR) is 91.5 cm³/mol. The van der Waals surface area contributed by atoms with Gasteiger partial charge in [-0.2, -0.15) is 0 Å². The molecule has 0 aromatic heterocycles. The minimum atomic E-state index is -0.307. The second-order valence-electron chi connectivity index (χ2n) is 5.23. The highest BCUT2D eigenvalue weighted by molar-refractivity contribution is 5.91. The van der Waals surface area contributed by atoms with E-state index in [0.717, 1.165) is 11.1 Å². The van der Waals surface area contributed by atoms with E-state index in [0.29, 0.717) is 11.5 Å². The maximum Gasteiger partial charge on any atom is 0.244 e. The van der Waals surface area contributed by atoms with Gasteiger partial charge >= 0.3 is 0 Å². The molecule has 0 radical (unpaired) electrons. The Hall–Kier alpha value is -2.82. The second-order valence-corrected chi connectivity index (χ2v) is 5.23. The van der Waals surface area contributed by atoms with Crippen molar-refractivity contribution in [2.24, 2.45) is 0 Å².